The van der Waals surface area contributed by atoms with Crippen molar-refractivity contribution in [3.05, 3.63) is 88.6 Å². The molecule has 2 unspecified atom stereocenters. The summed E-state index contributed by atoms with van der Waals surface area (Å²) in [5.41, 5.74) is 1.95. The second kappa shape index (κ2) is 15.9. The molecule has 0 spiro atoms. The van der Waals surface area contributed by atoms with Crippen LogP contribution in [0.4, 0.5) is 5.69 Å². The van der Waals surface area contributed by atoms with E-state index in [-0.39, 0.29) is 29.4 Å². The van der Waals surface area contributed by atoms with E-state index in [9.17, 15) is 23.1 Å². The van der Waals surface area contributed by atoms with Crippen LogP contribution in [0.25, 0.3) is 0 Å². The Hall–Kier alpha value is -3.18. The van der Waals surface area contributed by atoms with Gasteiger partial charge in [0.05, 0.1) is 40.9 Å². The minimum Gasteiger partial charge on any atom is -0.390 e. The van der Waals surface area contributed by atoms with E-state index in [1.807, 2.05) is 37.3 Å². The number of nitrogens with one attached hydrogen (secondary N) is 3. The second-order valence-corrected chi connectivity index (χ2v) is 14.4. The Morgan fingerprint density at radius 2 is 1.71 bits per heavy atom. The van der Waals surface area contributed by atoms with Crippen LogP contribution in [0.15, 0.2) is 78.0 Å². The van der Waals surface area contributed by atoms with E-state index < -0.39 is 34.1 Å². The Bertz CT molecular complexity index is 1490. The summed E-state index contributed by atoms with van der Waals surface area (Å²) in [7, 11) is -3.79. The van der Waals surface area contributed by atoms with Crippen molar-refractivity contribution < 1.29 is 23.1 Å². The van der Waals surface area contributed by atoms with Gasteiger partial charge in [0.15, 0.2) is 0 Å². The van der Waals surface area contributed by atoms with Gasteiger partial charge in [-0.1, -0.05) is 86.3 Å². The lowest BCUT2D eigenvalue weighted by Crippen LogP contribution is -2.53. The third-order valence-electron chi connectivity index (χ3n) is 8.47. The SMILES string of the molecule is CC1CC=C(N(c2ccccc2Cl)S(C)(=O)=O)C=C1C(=O)N[C@@H](Cc1ccccc1)[C@H](O)CNC(C)C(=O)NC1CCCCC1. The third-order valence-corrected chi connectivity index (χ3v) is 9.86. The number of aliphatic hydroxyl groups is 1. The van der Waals surface area contributed by atoms with Gasteiger partial charge in [-0.2, -0.15) is 0 Å². The van der Waals surface area contributed by atoms with Gasteiger partial charge in [0.2, 0.25) is 21.8 Å². The Balaban J connectivity index is 1.50. The van der Waals surface area contributed by atoms with Crippen LogP contribution in [-0.2, 0) is 26.0 Å². The summed E-state index contributed by atoms with van der Waals surface area (Å²) in [5, 5.41) is 20.8. The van der Waals surface area contributed by atoms with Gasteiger partial charge in [-0.25, -0.2) is 12.7 Å². The van der Waals surface area contributed by atoms with Crippen molar-refractivity contribution in [3.63, 3.8) is 0 Å². The van der Waals surface area contributed by atoms with Crippen molar-refractivity contribution in [1.82, 2.24) is 16.0 Å². The second-order valence-electron chi connectivity index (χ2n) is 12.2. The Kier molecular flexibility index (Phi) is 12.2. The molecule has 0 saturated heterocycles. The molecule has 0 radical (unpaired) electrons. The first kappa shape index (κ1) is 34.7. The first-order valence-corrected chi connectivity index (χ1v) is 17.9. The number of nitrogens with zero attached hydrogens (tertiary/aromatic N) is 1. The lowest BCUT2D eigenvalue weighted by atomic mass is 9.90. The summed E-state index contributed by atoms with van der Waals surface area (Å²) < 4.78 is 27.0. The monoisotopic (exact) mass is 656 g/mol. The third kappa shape index (κ3) is 9.66. The highest BCUT2D eigenvalue weighted by molar-refractivity contribution is 7.92. The summed E-state index contributed by atoms with van der Waals surface area (Å²) in [6, 6.07) is 15.2. The number of para-hydroxylation sites is 1. The van der Waals surface area contributed by atoms with E-state index in [4.69, 9.17) is 11.6 Å². The first-order chi connectivity index (χ1) is 21.4. The Labute approximate surface area is 272 Å². The molecule has 2 aromatic carbocycles. The number of hydrogen-bond acceptors (Lipinski definition) is 6. The van der Waals surface area contributed by atoms with Crippen molar-refractivity contribution >= 4 is 39.1 Å². The molecule has 11 heteroatoms. The van der Waals surface area contributed by atoms with Crippen LogP contribution in [0.1, 0.15) is 57.9 Å². The number of halogens is 1. The molecule has 0 aliphatic heterocycles. The number of carbonyl (C=O) groups excluding carboxylic acids is 2. The predicted molar refractivity (Wildman–Crippen MR) is 179 cm³/mol. The van der Waals surface area contributed by atoms with Crippen molar-refractivity contribution in [2.75, 3.05) is 17.1 Å². The molecule has 0 heterocycles. The molecule has 45 heavy (non-hydrogen) atoms. The fraction of sp³-hybridized carbons (Fsp3) is 0.471. The molecule has 2 aromatic rings. The molecule has 0 aromatic heterocycles. The van der Waals surface area contributed by atoms with E-state index in [1.165, 1.54) is 6.42 Å². The predicted octanol–water partition coefficient (Wildman–Crippen LogP) is 4.47. The molecule has 4 atom stereocenters. The van der Waals surface area contributed by atoms with Gasteiger partial charge in [0.1, 0.15) is 0 Å². The van der Waals surface area contributed by atoms with Crippen LogP contribution in [0.3, 0.4) is 0 Å². The number of sulfonamides is 1. The maximum Gasteiger partial charge on any atom is 0.247 e. The summed E-state index contributed by atoms with van der Waals surface area (Å²) in [4.78, 5) is 26.6. The topological polar surface area (TPSA) is 128 Å². The molecule has 1 fully saturated rings. The van der Waals surface area contributed by atoms with Gasteiger partial charge in [-0.3, -0.25) is 9.59 Å². The van der Waals surface area contributed by atoms with Crippen LogP contribution in [-0.4, -0.2) is 62.4 Å². The van der Waals surface area contributed by atoms with E-state index in [0.717, 1.165) is 41.8 Å². The van der Waals surface area contributed by atoms with Crippen molar-refractivity contribution in [3.8, 4) is 0 Å². The van der Waals surface area contributed by atoms with E-state index in [0.29, 0.717) is 29.8 Å². The van der Waals surface area contributed by atoms with Crippen LogP contribution in [0, 0.1) is 5.92 Å². The number of amides is 2. The number of benzene rings is 2. The average Bonchev–Trinajstić information content (AvgIpc) is 3.01. The molecular weight excluding hydrogens is 612 g/mol. The van der Waals surface area contributed by atoms with Crippen LogP contribution < -0.4 is 20.3 Å². The average molecular weight is 657 g/mol. The summed E-state index contributed by atoms with van der Waals surface area (Å²) >= 11 is 6.38. The molecule has 0 bridgehead atoms. The Morgan fingerprint density at radius 1 is 1.04 bits per heavy atom. The van der Waals surface area contributed by atoms with Gasteiger partial charge >= 0.3 is 0 Å². The molecule has 2 amide bonds. The largest absolute Gasteiger partial charge is 0.390 e. The summed E-state index contributed by atoms with van der Waals surface area (Å²) in [6.45, 7) is 3.76. The highest BCUT2D eigenvalue weighted by Crippen LogP contribution is 2.34. The maximum absolute atomic E-state index is 13.8. The number of allylic oxidation sites excluding steroid dienone is 2. The van der Waals surface area contributed by atoms with Gasteiger partial charge in [-0.15, -0.1) is 0 Å². The highest BCUT2D eigenvalue weighted by Gasteiger charge is 2.31. The standard InChI is InChI=1S/C34H45ClN4O5S/c1-23-18-19-27(39(45(3,43)44)31-17-11-10-16-29(31)35)21-28(23)34(42)38-30(20-25-12-6-4-7-13-25)32(40)22-36-24(2)33(41)37-26-14-8-5-9-15-26/h4,6-7,10-13,16-17,19,21,23-24,26,30,32,36,40H,5,8-9,14-15,18,20,22H2,1-3H3,(H,37,41)(H,38,42)/t23?,24?,30-,32+/m0/s1. The smallest absolute Gasteiger partial charge is 0.247 e. The lowest BCUT2D eigenvalue weighted by molar-refractivity contribution is -0.124. The van der Waals surface area contributed by atoms with Gasteiger partial charge in [0.25, 0.3) is 0 Å². The van der Waals surface area contributed by atoms with Gasteiger partial charge in [0, 0.05) is 18.2 Å². The van der Waals surface area contributed by atoms with Crippen molar-refractivity contribution in [2.24, 2.45) is 5.92 Å². The molecule has 244 valence electrons. The summed E-state index contributed by atoms with van der Waals surface area (Å²) in [6.07, 6.45) is 9.64. The van der Waals surface area contributed by atoms with E-state index >= 15 is 0 Å². The Morgan fingerprint density at radius 3 is 2.38 bits per heavy atom. The van der Waals surface area contributed by atoms with E-state index in [2.05, 4.69) is 16.0 Å². The van der Waals surface area contributed by atoms with Crippen molar-refractivity contribution in [1.29, 1.82) is 0 Å². The fourth-order valence-electron chi connectivity index (χ4n) is 5.85. The van der Waals surface area contributed by atoms with Gasteiger partial charge in [-0.05, 0) is 62.3 Å². The summed E-state index contributed by atoms with van der Waals surface area (Å²) in [5.74, 6) is -0.700. The molecule has 2 aliphatic rings. The zero-order valence-corrected chi connectivity index (χ0v) is 27.8. The van der Waals surface area contributed by atoms with Crippen LogP contribution >= 0.6 is 11.6 Å². The highest BCUT2D eigenvalue weighted by atomic mass is 35.5. The molecule has 1 saturated carbocycles. The first-order valence-electron chi connectivity index (χ1n) is 15.7. The molecule has 4 rings (SSSR count). The molecule has 4 N–H and O–H groups in total. The number of aliphatic hydroxyl groups excluding tert-OH is 1. The normalized spacial score (nSPS) is 19.4. The fourth-order valence-corrected chi connectivity index (χ4v) is 7.15. The number of carbonyl (C=O) groups is 2. The van der Waals surface area contributed by atoms with E-state index in [1.54, 1.807) is 43.3 Å². The lowest BCUT2D eigenvalue weighted by Gasteiger charge is -2.30. The molecule has 9 nitrogen and oxygen atoms in total. The maximum atomic E-state index is 13.8. The number of rotatable bonds is 13. The number of anilines is 1. The minimum absolute atomic E-state index is 0.0884. The quantitative estimate of drug-likeness (QED) is 0.252. The van der Waals surface area contributed by atoms with Gasteiger partial charge < -0.3 is 21.1 Å². The van der Waals surface area contributed by atoms with Crippen LogP contribution in [0.2, 0.25) is 5.02 Å². The van der Waals surface area contributed by atoms with Crippen LogP contribution in [0.5, 0.6) is 0 Å². The van der Waals surface area contributed by atoms with Crippen molar-refractivity contribution in [2.45, 2.75) is 83.0 Å². The number of hydrogen-bond donors (Lipinski definition) is 4. The zero-order valence-electron chi connectivity index (χ0n) is 26.2. The molecule has 2 aliphatic carbocycles. The zero-order chi connectivity index (χ0) is 32.6. The molecular formula is C34H45ClN4O5S. The minimum atomic E-state index is -3.79.